The summed E-state index contributed by atoms with van der Waals surface area (Å²) >= 11 is 0. The van der Waals surface area contributed by atoms with Crippen molar-refractivity contribution in [2.24, 2.45) is 0 Å². The minimum Gasteiger partial charge on any atom is -0.508 e. The molecule has 0 aliphatic carbocycles. The highest BCUT2D eigenvalue weighted by atomic mass is 19.1. The molecule has 0 amide bonds. The number of phenols is 1. The van der Waals surface area contributed by atoms with E-state index in [1.807, 2.05) is 26.0 Å². The second kappa shape index (κ2) is 5.26. The van der Waals surface area contributed by atoms with Gasteiger partial charge in [0.1, 0.15) is 5.75 Å². The van der Waals surface area contributed by atoms with Gasteiger partial charge in [-0.3, -0.25) is 9.36 Å². The molecule has 1 aromatic heterocycles. The molecule has 1 N–H and O–H groups in total. The van der Waals surface area contributed by atoms with Crippen molar-refractivity contribution in [2.75, 3.05) is 0 Å². The summed E-state index contributed by atoms with van der Waals surface area (Å²) in [6.45, 7) is 3.16. The number of rotatable bonds is 3. The average molecular weight is 261 g/mol. The first-order valence-corrected chi connectivity index (χ1v) is 6.12. The van der Waals surface area contributed by atoms with Crippen LogP contribution in [0.1, 0.15) is 25.3 Å². The third-order valence-electron chi connectivity index (χ3n) is 3.11. The Bertz CT molecular complexity index is 647. The zero-order valence-corrected chi connectivity index (χ0v) is 10.9. The van der Waals surface area contributed by atoms with Crippen LogP contribution in [0.25, 0.3) is 11.1 Å². The van der Waals surface area contributed by atoms with E-state index in [1.165, 1.54) is 12.3 Å². The molecule has 0 aliphatic heterocycles. The number of benzene rings is 1. The third kappa shape index (κ3) is 2.67. The Morgan fingerprint density at radius 2 is 1.89 bits per heavy atom. The molecule has 0 saturated heterocycles. The maximum absolute atomic E-state index is 12.4. The highest BCUT2D eigenvalue weighted by molar-refractivity contribution is 5.65. The van der Waals surface area contributed by atoms with Gasteiger partial charge in [-0.05, 0) is 34.7 Å². The van der Waals surface area contributed by atoms with Gasteiger partial charge in [-0.1, -0.05) is 26.0 Å². The van der Waals surface area contributed by atoms with Crippen LogP contribution >= 0.6 is 0 Å². The van der Waals surface area contributed by atoms with Crippen LogP contribution in [0, 0.1) is 0 Å². The van der Waals surface area contributed by atoms with Gasteiger partial charge in [-0.15, -0.1) is 0 Å². The smallest absolute Gasteiger partial charge is 0.253 e. The van der Waals surface area contributed by atoms with E-state index in [-0.39, 0.29) is 11.7 Å². The number of aromatic hydroxyl groups is 1. The SMILES string of the molecule is CC(C)c1ccc(-c2ccn(CF)c(=O)c2)cc1O. The Kier molecular flexibility index (Phi) is 3.69. The fourth-order valence-corrected chi connectivity index (χ4v) is 2.00. The van der Waals surface area contributed by atoms with Gasteiger partial charge >= 0.3 is 0 Å². The Morgan fingerprint density at radius 1 is 1.21 bits per heavy atom. The maximum Gasteiger partial charge on any atom is 0.253 e. The number of aromatic nitrogens is 1. The molecule has 0 atom stereocenters. The lowest BCUT2D eigenvalue weighted by atomic mass is 9.98. The lowest BCUT2D eigenvalue weighted by Gasteiger charge is -2.10. The van der Waals surface area contributed by atoms with Crippen molar-refractivity contribution in [3.63, 3.8) is 0 Å². The molecule has 2 aromatic rings. The number of hydrogen-bond acceptors (Lipinski definition) is 2. The van der Waals surface area contributed by atoms with E-state index in [1.54, 1.807) is 12.1 Å². The van der Waals surface area contributed by atoms with E-state index < -0.39 is 12.4 Å². The second-order valence-electron chi connectivity index (χ2n) is 4.77. The van der Waals surface area contributed by atoms with Crippen molar-refractivity contribution in [3.05, 3.63) is 52.4 Å². The number of phenolic OH excluding ortho intramolecular Hbond substituents is 1. The minimum atomic E-state index is -0.837. The topological polar surface area (TPSA) is 42.2 Å². The molecule has 4 heteroatoms. The van der Waals surface area contributed by atoms with Gasteiger partial charge in [0, 0.05) is 12.3 Å². The minimum absolute atomic E-state index is 0.210. The van der Waals surface area contributed by atoms with Gasteiger partial charge in [0.15, 0.2) is 6.80 Å². The van der Waals surface area contributed by atoms with Crippen molar-refractivity contribution in [1.29, 1.82) is 0 Å². The third-order valence-corrected chi connectivity index (χ3v) is 3.11. The summed E-state index contributed by atoms with van der Waals surface area (Å²) in [4.78, 5) is 11.6. The van der Waals surface area contributed by atoms with E-state index in [2.05, 4.69) is 0 Å². The standard InChI is InChI=1S/C15H16FNO2/c1-10(2)13-4-3-11(7-14(13)18)12-5-6-17(9-16)15(19)8-12/h3-8,10,18H,9H2,1-2H3. The number of pyridine rings is 1. The van der Waals surface area contributed by atoms with Gasteiger partial charge in [-0.2, -0.15) is 0 Å². The summed E-state index contributed by atoms with van der Waals surface area (Å²) in [6.07, 6.45) is 1.41. The van der Waals surface area contributed by atoms with Crippen LogP contribution in [0.15, 0.2) is 41.3 Å². The zero-order valence-electron chi connectivity index (χ0n) is 10.9. The Morgan fingerprint density at radius 3 is 2.42 bits per heavy atom. The van der Waals surface area contributed by atoms with Crippen LogP contribution in [0.5, 0.6) is 5.75 Å². The molecule has 0 saturated carbocycles. The summed E-state index contributed by atoms with van der Waals surface area (Å²) in [5.74, 6) is 0.441. The molecule has 0 fully saturated rings. The Hall–Kier alpha value is -2.10. The monoisotopic (exact) mass is 261 g/mol. The molecule has 1 heterocycles. The van der Waals surface area contributed by atoms with Crippen molar-refractivity contribution >= 4 is 0 Å². The molecule has 0 bridgehead atoms. The number of alkyl halides is 1. The van der Waals surface area contributed by atoms with Gasteiger partial charge in [0.2, 0.25) is 0 Å². The number of halogens is 1. The van der Waals surface area contributed by atoms with Crippen molar-refractivity contribution in [2.45, 2.75) is 26.6 Å². The van der Waals surface area contributed by atoms with E-state index in [4.69, 9.17) is 0 Å². The first kappa shape index (κ1) is 13.3. The van der Waals surface area contributed by atoms with E-state index >= 15 is 0 Å². The van der Waals surface area contributed by atoms with Gasteiger partial charge < -0.3 is 5.11 Å². The fourth-order valence-electron chi connectivity index (χ4n) is 2.00. The number of hydrogen-bond donors (Lipinski definition) is 1. The molecule has 0 aliphatic rings. The highest BCUT2D eigenvalue weighted by Gasteiger charge is 2.08. The summed E-state index contributed by atoms with van der Waals surface area (Å²) < 4.78 is 13.4. The maximum atomic E-state index is 12.4. The van der Waals surface area contributed by atoms with Gasteiger partial charge in [0.05, 0.1) is 0 Å². The average Bonchev–Trinajstić information content (AvgIpc) is 2.38. The molecule has 0 unspecified atom stereocenters. The van der Waals surface area contributed by atoms with Crippen LogP contribution in [0.4, 0.5) is 4.39 Å². The summed E-state index contributed by atoms with van der Waals surface area (Å²) in [7, 11) is 0. The van der Waals surface area contributed by atoms with E-state index in [0.717, 1.165) is 15.7 Å². The second-order valence-corrected chi connectivity index (χ2v) is 4.77. The van der Waals surface area contributed by atoms with Crippen LogP contribution in [-0.2, 0) is 6.80 Å². The molecular weight excluding hydrogens is 245 g/mol. The molecule has 19 heavy (non-hydrogen) atoms. The van der Waals surface area contributed by atoms with Crippen LogP contribution in [0.3, 0.4) is 0 Å². The lowest BCUT2D eigenvalue weighted by molar-refractivity contribution is 0.369. The van der Waals surface area contributed by atoms with Crippen LogP contribution in [0.2, 0.25) is 0 Å². The lowest BCUT2D eigenvalue weighted by Crippen LogP contribution is -2.16. The highest BCUT2D eigenvalue weighted by Crippen LogP contribution is 2.30. The fraction of sp³-hybridized carbons (Fsp3) is 0.267. The molecule has 0 radical (unpaired) electrons. The summed E-state index contributed by atoms with van der Waals surface area (Å²) in [6, 6.07) is 8.34. The Balaban J connectivity index is 2.45. The summed E-state index contributed by atoms with van der Waals surface area (Å²) in [5, 5.41) is 9.95. The Labute approximate surface area is 110 Å². The summed E-state index contributed by atoms with van der Waals surface area (Å²) in [5.41, 5.74) is 1.87. The predicted octanol–water partition coefficient (Wildman–Crippen LogP) is 3.27. The zero-order chi connectivity index (χ0) is 14.0. The molecule has 100 valence electrons. The van der Waals surface area contributed by atoms with Crippen LogP contribution in [-0.4, -0.2) is 9.67 Å². The predicted molar refractivity (Wildman–Crippen MR) is 73.0 cm³/mol. The van der Waals surface area contributed by atoms with Crippen molar-refractivity contribution in [1.82, 2.24) is 4.57 Å². The van der Waals surface area contributed by atoms with Crippen molar-refractivity contribution in [3.8, 4) is 16.9 Å². The first-order chi connectivity index (χ1) is 9.02. The van der Waals surface area contributed by atoms with Crippen LogP contribution < -0.4 is 5.56 Å². The molecule has 3 nitrogen and oxygen atoms in total. The van der Waals surface area contributed by atoms with Gasteiger partial charge in [0.25, 0.3) is 5.56 Å². The molecule has 1 aromatic carbocycles. The molecule has 0 spiro atoms. The molecule has 2 rings (SSSR count). The van der Waals surface area contributed by atoms with E-state index in [9.17, 15) is 14.3 Å². The first-order valence-electron chi connectivity index (χ1n) is 6.12. The quantitative estimate of drug-likeness (QED) is 0.921. The number of nitrogens with zero attached hydrogens (tertiary/aromatic N) is 1. The normalized spacial score (nSPS) is 10.9. The van der Waals surface area contributed by atoms with E-state index in [0.29, 0.717) is 5.56 Å². The van der Waals surface area contributed by atoms with Crippen molar-refractivity contribution < 1.29 is 9.50 Å². The molecular formula is C15H16FNO2. The largest absolute Gasteiger partial charge is 0.508 e. The van der Waals surface area contributed by atoms with Gasteiger partial charge in [-0.25, -0.2) is 4.39 Å².